The van der Waals surface area contributed by atoms with Crippen molar-refractivity contribution in [3.8, 4) is 11.1 Å². The van der Waals surface area contributed by atoms with E-state index in [1.165, 1.54) is 17.7 Å². The van der Waals surface area contributed by atoms with Crippen LogP contribution in [0.25, 0.3) is 11.1 Å². The monoisotopic (exact) mass is 230 g/mol. The van der Waals surface area contributed by atoms with E-state index < -0.39 is 0 Å². The largest absolute Gasteiger partial charge is 0.396 e. The van der Waals surface area contributed by atoms with Crippen molar-refractivity contribution in [3.05, 3.63) is 59.9 Å². The van der Waals surface area contributed by atoms with Crippen molar-refractivity contribution in [3.63, 3.8) is 0 Å². The molecule has 2 aromatic rings. The zero-order chi connectivity index (χ0) is 12.1. The van der Waals surface area contributed by atoms with E-state index in [9.17, 15) is 4.39 Å². The van der Waals surface area contributed by atoms with Crippen LogP contribution >= 0.6 is 0 Å². The lowest BCUT2D eigenvalue weighted by atomic mass is 10.0. The van der Waals surface area contributed by atoms with Crippen LogP contribution < -0.4 is 0 Å². The molecule has 0 fully saturated rings. The lowest BCUT2D eigenvalue weighted by Crippen LogP contribution is -1.89. The first kappa shape index (κ1) is 11.8. The Bertz CT molecular complexity index is 459. The fourth-order valence-electron chi connectivity index (χ4n) is 1.79. The minimum atomic E-state index is -0.215. The van der Waals surface area contributed by atoms with Crippen LogP contribution in [-0.2, 0) is 6.42 Å². The van der Waals surface area contributed by atoms with Crippen molar-refractivity contribution in [2.24, 2.45) is 0 Å². The zero-order valence-electron chi connectivity index (χ0n) is 9.57. The van der Waals surface area contributed by atoms with Gasteiger partial charge >= 0.3 is 0 Å². The summed E-state index contributed by atoms with van der Waals surface area (Å²) >= 11 is 0. The first-order valence-corrected chi connectivity index (χ1v) is 5.75. The van der Waals surface area contributed by atoms with E-state index in [0.717, 1.165) is 24.0 Å². The van der Waals surface area contributed by atoms with Crippen LogP contribution in [0.1, 0.15) is 12.0 Å². The highest BCUT2D eigenvalue weighted by molar-refractivity contribution is 5.63. The van der Waals surface area contributed by atoms with Crippen molar-refractivity contribution >= 4 is 0 Å². The quantitative estimate of drug-likeness (QED) is 0.853. The fraction of sp³-hybridized carbons (Fsp3) is 0.200. The minimum absolute atomic E-state index is 0.215. The number of aliphatic hydroxyl groups excluding tert-OH is 1. The van der Waals surface area contributed by atoms with Crippen molar-refractivity contribution in [1.29, 1.82) is 0 Å². The summed E-state index contributed by atoms with van der Waals surface area (Å²) in [5.74, 6) is -0.215. The first-order chi connectivity index (χ1) is 8.29. The Hall–Kier alpha value is -1.67. The molecule has 0 spiro atoms. The fourth-order valence-corrected chi connectivity index (χ4v) is 1.79. The van der Waals surface area contributed by atoms with E-state index in [1.807, 2.05) is 24.3 Å². The molecule has 0 unspecified atom stereocenters. The van der Waals surface area contributed by atoms with Crippen molar-refractivity contribution in [1.82, 2.24) is 0 Å². The van der Waals surface area contributed by atoms with Gasteiger partial charge in [-0.15, -0.1) is 0 Å². The highest BCUT2D eigenvalue weighted by Crippen LogP contribution is 2.20. The predicted octanol–water partition coefficient (Wildman–Crippen LogP) is 3.42. The second kappa shape index (κ2) is 5.60. The summed E-state index contributed by atoms with van der Waals surface area (Å²) < 4.78 is 12.8. The van der Waals surface area contributed by atoms with E-state index >= 15 is 0 Å². The Morgan fingerprint density at radius 2 is 1.35 bits per heavy atom. The molecule has 0 aromatic heterocycles. The van der Waals surface area contributed by atoms with Gasteiger partial charge in [0.05, 0.1) is 0 Å². The highest BCUT2D eigenvalue weighted by Gasteiger charge is 1.98. The summed E-state index contributed by atoms with van der Waals surface area (Å²) in [5, 5.41) is 8.75. The number of benzene rings is 2. The molecule has 0 bridgehead atoms. The molecule has 1 N–H and O–H groups in total. The van der Waals surface area contributed by atoms with Crippen LogP contribution in [0.2, 0.25) is 0 Å². The molecule has 0 saturated carbocycles. The Labute approximate surface area is 101 Å². The van der Waals surface area contributed by atoms with Gasteiger partial charge < -0.3 is 5.11 Å². The number of rotatable bonds is 4. The number of hydrogen-bond acceptors (Lipinski definition) is 1. The average molecular weight is 230 g/mol. The number of hydrogen-bond donors (Lipinski definition) is 1. The van der Waals surface area contributed by atoms with E-state index in [2.05, 4.69) is 0 Å². The van der Waals surface area contributed by atoms with Crippen LogP contribution in [0.3, 0.4) is 0 Å². The van der Waals surface area contributed by atoms with Crippen LogP contribution in [-0.4, -0.2) is 11.7 Å². The van der Waals surface area contributed by atoms with Crippen molar-refractivity contribution in [2.45, 2.75) is 12.8 Å². The molecule has 2 rings (SSSR count). The average Bonchev–Trinajstić information content (AvgIpc) is 2.38. The summed E-state index contributed by atoms with van der Waals surface area (Å²) in [5.41, 5.74) is 3.31. The van der Waals surface area contributed by atoms with Crippen LogP contribution in [0, 0.1) is 5.82 Å². The van der Waals surface area contributed by atoms with Gasteiger partial charge in [-0.25, -0.2) is 4.39 Å². The molecule has 0 aliphatic heterocycles. The predicted molar refractivity (Wildman–Crippen MR) is 67.2 cm³/mol. The molecule has 0 radical (unpaired) electrons. The minimum Gasteiger partial charge on any atom is -0.396 e. The van der Waals surface area contributed by atoms with Gasteiger partial charge in [0.1, 0.15) is 5.82 Å². The van der Waals surface area contributed by atoms with Gasteiger partial charge in [-0.2, -0.15) is 0 Å². The van der Waals surface area contributed by atoms with Crippen LogP contribution in [0.4, 0.5) is 4.39 Å². The molecule has 0 aliphatic carbocycles. The number of aliphatic hydroxyl groups is 1. The molecule has 88 valence electrons. The number of aryl methyl sites for hydroxylation is 1. The topological polar surface area (TPSA) is 20.2 Å². The molecular formula is C15H15FO. The normalized spacial score (nSPS) is 10.5. The standard InChI is InChI=1S/C15H15FO/c16-15-9-7-14(8-10-15)13-5-3-12(4-6-13)2-1-11-17/h3-10,17H,1-2,11H2. The Morgan fingerprint density at radius 1 is 0.824 bits per heavy atom. The molecular weight excluding hydrogens is 215 g/mol. The first-order valence-electron chi connectivity index (χ1n) is 5.75. The molecule has 0 heterocycles. The summed E-state index contributed by atoms with van der Waals surface area (Å²) in [7, 11) is 0. The highest BCUT2D eigenvalue weighted by atomic mass is 19.1. The molecule has 0 amide bonds. The van der Waals surface area contributed by atoms with Gasteiger partial charge in [0, 0.05) is 6.61 Å². The van der Waals surface area contributed by atoms with E-state index in [-0.39, 0.29) is 12.4 Å². The van der Waals surface area contributed by atoms with Crippen molar-refractivity contribution in [2.75, 3.05) is 6.61 Å². The maximum atomic E-state index is 12.8. The van der Waals surface area contributed by atoms with Gasteiger partial charge in [-0.3, -0.25) is 0 Å². The van der Waals surface area contributed by atoms with Crippen LogP contribution in [0.15, 0.2) is 48.5 Å². The maximum Gasteiger partial charge on any atom is 0.123 e. The third-order valence-corrected chi connectivity index (χ3v) is 2.76. The van der Waals surface area contributed by atoms with E-state index in [1.54, 1.807) is 12.1 Å². The Kier molecular flexibility index (Phi) is 3.89. The van der Waals surface area contributed by atoms with Gasteiger partial charge in [-0.1, -0.05) is 36.4 Å². The maximum absolute atomic E-state index is 12.8. The molecule has 2 heteroatoms. The smallest absolute Gasteiger partial charge is 0.123 e. The third kappa shape index (κ3) is 3.14. The second-order valence-electron chi connectivity index (χ2n) is 4.03. The summed E-state index contributed by atoms with van der Waals surface area (Å²) in [4.78, 5) is 0. The zero-order valence-corrected chi connectivity index (χ0v) is 9.57. The van der Waals surface area contributed by atoms with Gasteiger partial charge in [0.2, 0.25) is 0 Å². The lowest BCUT2D eigenvalue weighted by Gasteiger charge is -2.04. The second-order valence-corrected chi connectivity index (χ2v) is 4.03. The van der Waals surface area contributed by atoms with E-state index in [0.29, 0.717) is 0 Å². The lowest BCUT2D eigenvalue weighted by molar-refractivity contribution is 0.288. The molecule has 2 aromatic carbocycles. The molecule has 0 atom stereocenters. The molecule has 1 nitrogen and oxygen atoms in total. The van der Waals surface area contributed by atoms with E-state index in [4.69, 9.17) is 5.11 Å². The molecule has 0 saturated heterocycles. The Morgan fingerprint density at radius 3 is 1.88 bits per heavy atom. The van der Waals surface area contributed by atoms with Gasteiger partial charge in [0.15, 0.2) is 0 Å². The van der Waals surface area contributed by atoms with Gasteiger partial charge in [0.25, 0.3) is 0 Å². The van der Waals surface area contributed by atoms with Crippen molar-refractivity contribution < 1.29 is 9.50 Å². The van der Waals surface area contributed by atoms with Gasteiger partial charge in [-0.05, 0) is 41.7 Å². The molecule has 17 heavy (non-hydrogen) atoms. The van der Waals surface area contributed by atoms with Crippen LogP contribution in [0.5, 0.6) is 0 Å². The summed E-state index contributed by atoms with van der Waals surface area (Å²) in [6.45, 7) is 0.222. The summed E-state index contributed by atoms with van der Waals surface area (Å²) in [6.07, 6.45) is 1.68. The SMILES string of the molecule is OCCCc1ccc(-c2ccc(F)cc2)cc1. The third-order valence-electron chi connectivity index (χ3n) is 2.76. The summed E-state index contributed by atoms with van der Waals surface area (Å²) in [6, 6.07) is 14.6. The molecule has 0 aliphatic rings. The number of halogens is 1. The Balaban J connectivity index is 2.14.